The van der Waals surface area contributed by atoms with Crippen LogP contribution in [0.15, 0.2) is 17.1 Å². The summed E-state index contributed by atoms with van der Waals surface area (Å²) in [5.41, 5.74) is 4.64. The number of aromatic nitrogens is 3. The van der Waals surface area contributed by atoms with Crippen LogP contribution in [-0.2, 0) is 19.4 Å². The SMILES string of the molecule is Cc1ccn(CC2CCCNC2)c(=O)c1C(=O)N1CCc2[nH]nc(C3CC3)c2CC1.Cl.Cl. The molecule has 2 fully saturated rings. The minimum atomic E-state index is -0.145. The number of carbonyl (C=O) groups excluding carboxylic acids is 1. The highest BCUT2D eigenvalue weighted by molar-refractivity contribution is 5.95. The van der Waals surface area contributed by atoms with E-state index in [2.05, 4.69) is 15.5 Å². The number of hydrogen-bond donors (Lipinski definition) is 2. The third kappa shape index (κ3) is 4.90. The number of rotatable bonds is 4. The lowest BCUT2D eigenvalue weighted by Crippen LogP contribution is -2.40. The molecule has 7 nitrogen and oxygen atoms in total. The first-order chi connectivity index (χ1) is 14.6. The van der Waals surface area contributed by atoms with Crippen LogP contribution in [0.3, 0.4) is 0 Å². The zero-order chi connectivity index (χ0) is 20.7. The molecule has 3 aliphatic rings. The van der Waals surface area contributed by atoms with Crippen LogP contribution in [0.1, 0.15) is 64.5 Å². The van der Waals surface area contributed by atoms with E-state index in [-0.39, 0.29) is 36.3 Å². The molecule has 2 aromatic heterocycles. The van der Waals surface area contributed by atoms with Gasteiger partial charge in [0, 0.05) is 43.9 Å². The Labute approximate surface area is 201 Å². The fourth-order valence-electron chi connectivity index (χ4n) is 4.99. The van der Waals surface area contributed by atoms with E-state index in [1.54, 1.807) is 4.57 Å². The Balaban J connectivity index is 0.00000144. The summed E-state index contributed by atoms with van der Waals surface area (Å²) in [4.78, 5) is 28.5. The van der Waals surface area contributed by atoms with Gasteiger partial charge in [0.25, 0.3) is 11.5 Å². The van der Waals surface area contributed by atoms with Gasteiger partial charge in [-0.1, -0.05) is 0 Å². The van der Waals surface area contributed by atoms with Gasteiger partial charge < -0.3 is 14.8 Å². The van der Waals surface area contributed by atoms with Crippen molar-refractivity contribution in [1.29, 1.82) is 0 Å². The van der Waals surface area contributed by atoms with Crippen LogP contribution < -0.4 is 10.9 Å². The van der Waals surface area contributed by atoms with Crippen LogP contribution in [-0.4, -0.2) is 51.8 Å². The summed E-state index contributed by atoms with van der Waals surface area (Å²) in [7, 11) is 0. The van der Waals surface area contributed by atoms with Gasteiger partial charge in [-0.25, -0.2) is 0 Å². The molecule has 9 heteroatoms. The predicted molar refractivity (Wildman–Crippen MR) is 129 cm³/mol. The molecule has 2 aromatic rings. The van der Waals surface area contributed by atoms with Gasteiger partial charge in [-0.3, -0.25) is 14.7 Å². The van der Waals surface area contributed by atoms with Gasteiger partial charge in [0.1, 0.15) is 5.56 Å². The number of H-pyrrole nitrogens is 1. The van der Waals surface area contributed by atoms with Crippen molar-refractivity contribution in [3.8, 4) is 0 Å². The number of pyridine rings is 1. The monoisotopic (exact) mass is 481 g/mol. The summed E-state index contributed by atoms with van der Waals surface area (Å²) in [6, 6.07) is 1.92. The molecule has 1 saturated carbocycles. The van der Waals surface area contributed by atoms with Gasteiger partial charge in [0.15, 0.2) is 0 Å². The van der Waals surface area contributed by atoms with Crippen LogP contribution in [0.2, 0.25) is 0 Å². The van der Waals surface area contributed by atoms with E-state index >= 15 is 0 Å². The number of hydrogen-bond acceptors (Lipinski definition) is 4. The molecule has 176 valence electrons. The fraction of sp³-hybridized carbons (Fsp3) is 0.609. The molecule has 1 aliphatic carbocycles. The molecule has 32 heavy (non-hydrogen) atoms. The van der Waals surface area contributed by atoms with Crippen LogP contribution >= 0.6 is 24.8 Å². The topological polar surface area (TPSA) is 83.0 Å². The number of fused-ring (bicyclic) bond motifs is 1. The highest BCUT2D eigenvalue weighted by Crippen LogP contribution is 2.41. The second-order valence-corrected chi connectivity index (χ2v) is 9.18. The molecule has 0 radical (unpaired) electrons. The number of nitrogens with one attached hydrogen (secondary N) is 2. The zero-order valence-corrected chi connectivity index (χ0v) is 20.2. The standard InChI is InChI=1S/C23H31N5O2.2ClH/c1-15-6-10-28(14-16-3-2-9-24-13-16)23(30)20(15)22(29)27-11-7-18-19(8-12-27)25-26-21(18)17-4-5-17;;/h6,10,16-17,24H,2-5,7-9,11-14H2,1H3,(H,25,26);2*1H. The van der Waals surface area contributed by atoms with E-state index < -0.39 is 0 Å². The van der Waals surface area contributed by atoms with Crippen molar-refractivity contribution >= 4 is 30.7 Å². The van der Waals surface area contributed by atoms with Crippen LogP contribution in [0.25, 0.3) is 0 Å². The maximum Gasteiger partial charge on any atom is 0.263 e. The maximum atomic E-state index is 13.4. The Morgan fingerprint density at radius 1 is 1.19 bits per heavy atom. The minimum Gasteiger partial charge on any atom is -0.338 e. The van der Waals surface area contributed by atoms with Crippen molar-refractivity contribution in [3.05, 3.63) is 50.7 Å². The molecule has 0 spiro atoms. The highest BCUT2D eigenvalue weighted by Gasteiger charge is 2.32. The fourth-order valence-corrected chi connectivity index (χ4v) is 4.99. The largest absolute Gasteiger partial charge is 0.338 e. The number of aromatic amines is 1. The average Bonchev–Trinajstić information content (AvgIpc) is 3.55. The maximum absolute atomic E-state index is 13.4. The molecule has 5 rings (SSSR count). The summed E-state index contributed by atoms with van der Waals surface area (Å²) in [5.74, 6) is 0.920. The highest BCUT2D eigenvalue weighted by atomic mass is 35.5. The van der Waals surface area contributed by atoms with Gasteiger partial charge >= 0.3 is 0 Å². The van der Waals surface area contributed by atoms with Crippen molar-refractivity contribution in [1.82, 2.24) is 25.0 Å². The molecule has 2 aliphatic heterocycles. The lowest BCUT2D eigenvalue weighted by Gasteiger charge is -2.25. The molecule has 1 saturated heterocycles. The van der Waals surface area contributed by atoms with Crippen LogP contribution in [0, 0.1) is 12.8 Å². The van der Waals surface area contributed by atoms with Gasteiger partial charge in [0.05, 0.1) is 5.69 Å². The molecule has 1 atom stereocenters. The Kier molecular flexibility index (Phi) is 8.06. The summed E-state index contributed by atoms with van der Waals surface area (Å²) in [6.45, 7) is 5.80. The number of piperidine rings is 1. The molecule has 4 heterocycles. The third-order valence-electron chi connectivity index (χ3n) is 6.94. The molecule has 0 bridgehead atoms. The second kappa shape index (κ2) is 10.4. The minimum absolute atomic E-state index is 0. The number of halogens is 2. The van der Waals surface area contributed by atoms with Crippen molar-refractivity contribution < 1.29 is 4.79 Å². The molecular formula is C23H33Cl2N5O2. The Bertz CT molecular complexity index is 1010. The van der Waals surface area contributed by atoms with E-state index in [0.29, 0.717) is 37.0 Å². The Morgan fingerprint density at radius 3 is 2.69 bits per heavy atom. The normalized spacial score (nSPS) is 20.5. The third-order valence-corrected chi connectivity index (χ3v) is 6.94. The van der Waals surface area contributed by atoms with Crippen molar-refractivity contribution in [3.63, 3.8) is 0 Å². The van der Waals surface area contributed by atoms with Crippen LogP contribution in [0.5, 0.6) is 0 Å². The van der Waals surface area contributed by atoms with Gasteiger partial charge in [-0.05, 0) is 75.2 Å². The van der Waals surface area contributed by atoms with E-state index in [9.17, 15) is 9.59 Å². The average molecular weight is 482 g/mol. The summed E-state index contributed by atoms with van der Waals surface area (Å²) in [5, 5.41) is 11.1. The summed E-state index contributed by atoms with van der Waals surface area (Å²) < 4.78 is 1.74. The predicted octanol–water partition coefficient (Wildman–Crippen LogP) is 2.84. The first kappa shape index (κ1) is 24.8. The van der Waals surface area contributed by atoms with E-state index in [1.165, 1.54) is 29.8 Å². The van der Waals surface area contributed by atoms with Crippen LogP contribution in [0.4, 0.5) is 0 Å². The van der Waals surface area contributed by atoms with E-state index in [4.69, 9.17) is 0 Å². The van der Waals surface area contributed by atoms with E-state index in [0.717, 1.165) is 44.3 Å². The van der Waals surface area contributed by atoms with E-state index in [1.807, 2.05) is 24.1 Å². The van der Waals surface area contributed by atoms with Gasteiger partial charge in [0.2, 0.25) is 0 Å². The number of amides is 1. The lowest BCUT2D eigenvalue weighted by molar-refractivity contribution is 0.0759. The summed E-state index contributed by atoms with van der Waals surface area (Å²) in [6.07, 6.45) is 8.15. The quantitative estimate of drug-likeness (QED) is 0.702. The van der Waals surface area contributed by atoms with Crippen molar-refractivity contribution in [2.75, 3.05) is 26.2 Å². The summed E-state index contributed by atoms with van der Waals surface area (Å²) >= 11 is 0. The first-order valence-electron chi connectivity index (χ1n) is 11.4. The first-order valence-corrected chi connectivity index (χ1v) is 11.4. The molecule has 1 amide bonds. The Hall–Kier alpha value is -1.83. The van der Waals surface area contributed by atoms with Gasteiger partial charge in [-0.15, -0.1) is 24.8 Å². The molecule has 1 unspecified atom stereocenters. The Morgan fingerprint density at radius 2 is 1.97 bits per heavy atom. The lowest BCUT2D eigenvalue weighted by atomic mass is 9.99. The van der Waals surface area contributed by atoms with Gasteiger partial charge in [-0.2, -0.15) is 5.10 Å². The molecular weight excluding hydrogens is 449 g/mol. The second-order valence-electron chi connectivity index (χ2n) is 9.18. The smallest absolute Gasteiger partial charge is 0.263 e. The van der Waals surface area contributed by atoms with Crippen molar-refractivity contribution in [2.45, 2.75) is 57.9 Å². The molecule has 2 N–H and O–H groups in total. The molecule has 0 aromatic carbocycles. The van der Waals surface area contributed by atoms with Crippen molar-refractivity contribution in [2.24, 2.45) is 5.92 Å². The number of nitrogens with zero attached hydrogens (tertiary/aromatic N) is 3. The number of aryl methyl sites for hydroxylation is 1. The zero-order valence-electron chi connectivity index (χ0n) is 18.6. The number of carbonyl (C=O) groups is 1.